The summed E-state index contributed by atoms with van der Waals surface area (Å²) in [5, 5.41) is 5.15. The number of thiocarbonyl (C=S) groups is 1. The Hall–Kier alpha value is -2.36. The molecule has 3 heterocycles. The zero-order chi connectivity index (χ0) is 19.0. The summed E-state index contributed by atoms with van der Waals surface area (Å²) in [7, 11) is -3.66. The number of hydrogen-bond donors (Lipinski definition) is 3. The standard InChI is InChI=1S/C18H17N3O3S3/c1-11-7-13-8-16(21-27(22,23)17-3-2-6-26-17)14(12-4-5-19-10-12)9-15(13)20-18(25)24-11/h2-6,8-11,19,21H,7H2,1H3,(H,20,25). The van der Waals surface area contributed by atoms with Crippen molar-refractivity contribution in [2.45, 2.75) is 23.7 Å². The highest BCUT2D eigenvalue weighted by Crippen LogP contribution is 2.36. The fourth-order valence-corrected chi connectivity index (χ4v) is 5.37. The predicted molar refractivity (Wildman–Crippen MR) is 112 cm³/mol. The van der Waals surface area contributed by atoms with E-state index >= 15 is 0 Å². The first-order valence-electron chi connectivity index (χ1n) is 8.26. The van der Waals surface area contributed by atoms with Crippen LogP contribution in [0.3, 0.4) is 0 Å². The average molecular weight is 420 g/mol. The molecule has 1 aliphatic heterocycles. The molecule has 0 saturated carbocycles. The third kappa shape index (κ3) is 3.71. The van der Waals surface area contributed by atoms with Crippen molar-refractivity contribution in [3.63, 3.8) is 0 Å². The number of nitrogens with one attached hydrogen (secondary N) is 3. The summed E-state index contributed by atoms with van der Waals surface area (Å²) >= 11 is 6.39. The third-order valence-electron chi connectivity index (χ3n) is 4.21. The van der Waals surface area contributed by atoms with E-state index in [0.717, 1.165) is 22.4 Å². The molecule has 3 N–H and O–H groups in total. The molecule has 2 aromatic heterocycles. The van der Waals surface area contributed by atoms with Crippen LogP contribution in [-0.2, 0) is 21.2 Å². The van der Waals surface area contributed by atoms with Gasteiger partial charge in [0.05, 0.1) is 5.69 Å². The average Bonchev–Trinajstić information content (AvgIpc) is 3.27. The van der Waals surface area contributed by atoms with Crippen LogP contribution in [0.2, 0.25) is 0 Å². The van der Waals surface area contributed by atoms with Crippen molar-refractivity contribution in [3.8, 4) is 11.1 Å². The van der Waals surface area contributed by atoms with Crippen LogP contribution in [0.4, 0.5) is 11.4 Å². The van der Waals surface area contributed by atoms with E-state index < -0.39 is 10.0 Å². The molecule has 4 rings (SSSR count). The van der Waals surface area contributed by atoms with Gasteiger partial charge < -0.3 is 15.0 Å². The number of anilines is 2. The lowest BCUT2D eigenvalue weighted by molar-refractivity contribution is 0.217. The molecule has 0 spiro atoms. The van der Waals surface area contributed by atoms with Crippen LogP contribution in [0.15, 0.2) is 52.3 Å². The topological polar surface area (TPSA) is 83.2 Å². The van der Waals surface area contributed by atoms with Crippen molar-refractivity contribution in [2.24, 2.45) is 0 Å². The zero-order valence-electron chi connectivity index (χ0n) is 14.4. The molecular formula is C18H17N3O3S3. The lowest BCUT2D eigenvalue weighted by atomic mass is 9.99. The maximum Gasteiger partial charge on any atom is 0.271 e. The second kappa shape index (κ2) is 6.99. The van der Waals surface area contributed by atoms with Gasteiger partial charge in [-0.3, -0.25) is 4.72 Å². The van der Waals surface area contributed by atoms with E-state index in [1.165, 1.54) is 11.3 Å². The van der Waals surface area contributed by atoms with Gasteiger partial charge in [0.25, 0.3) is 15.2 Å². The molecule has 1 unspecified atom stereocenters. The fourth-order valence-electron chi connectivity index (χ4n) is 3.03. The molecule has 27 heavy (non-hydrogen) atoms. The van der Waals surface area contributed by atoms with Crippen molar-refractivity contribution in [3.05, 3.63) is 53.7 Å². The van der Waals surface area contributed by atoms with Crippen molar-refractivity contribution >= 4 is 50.1 Å². The summed E-state index contributed by atoms with van der Waals surface area (Å²) in [6.07, 6.45) is 4.12. The minimum Gasteiger partial charge on any atom is -0.467 e. The lowest BCUT2D eigenvalue weighted by Gasteiger charge is -2.16. The molecule has 0 radical (unpaired) electrons. The minimum atomic E-state index is -3.66. The molecule has 3 aromatic rings. The SMILES string of the molecule is CC1Cc2cc(NS(=O)(=O)c3cccs3)c(-c3cc[nH]c3)cc2NC(=S)O1. The van der Waals surface area contributed by atoms with Crippen LogP contribution in [0.5, 0.6) is 0 Å². The maximum absolute atomic E-state index is 12.8. The molecule has 0 saturated heterocycles. The molecule has 1 aromatic carbocycles. The Bertz CT molecular complexity index is 1070. The van der Waals surface area contributed by atoms with Crippen LogP contribution < -0.4 is 10.0 Å². The van der Waals surface area contributed by atoms with Gasteiger partial charge in [-0.25, -0.2) is 8.42 Å². The van der Waals surface area contributed by atoms with Gasteiger partial charge in [0.1, 0.15) is 10.3 Å². The number of thiophene rings is 1. The van der Waals surface area contributed by atoms with E-state index in [9.17, 15) is 8.42 Å². The third-order valence-corrected chi connectivity index (χ3v) is 7.17. The van der Waals surface area contributed by atoms with E-state index in [4.69, 9.17) is 17.0 Å². The van der Waals surface area contributed by atoms with Crippen LogP contribution in [-0.4, -0.2) is 24.7 Å². The minimum absolute atomic E-state index is 0.105. The van der Waals surface area contributed by atoms with Crippen molar-refractivity contribution < 1.29 is 13.2 Å². The highest BCUT2D eigenvalue weighted by atomic mass is 32.2. The molecular weight excluding hydrogens is 402 g/mol. The Morgan fingerprint density at radius 2 is 2.19 bits per heavy atom. The van der Waals surface area contributed by atoms with Gasteiger partial charge in [-0.05, 0) is 54.4 Å². The van der Waals surface area contributed by atoms with E-state index in [2.05, 4.69) is 15.0 Å². The Morgan fingerprint density at radius 1 is 1.33 bits per heavy atom. The quantitative estimate of drug-likeness (QED) is 0.552. The van der Waals surface area contributed by atoms with Gasteiger partial charge in [-0.2, -0.15) is 0 Å². The van der Waals surface area contributed by atoms with Gasteiger partial charge >= 0.3 is 0 Å². The molecule has 1 atom stereocenters. The number of hydrogen-bond acceptors (Lipinski definition) is 5. The van der Waals surface area contributed by atoms with Crippen LogP contribution in [0.25, 0.3) is 11.1 Å². The summed E-state index contributed by atoms with van der Waals surface area (Å²) in [6, 6.07) is 8.94. The number of ether oxygens (including phenoxy) is 1. The van der Waals surface area contributed by atoms with Crippen molar-refractivity contribution in [1.29, 1.82) is 0 Å². The van der Waals surface area contributed by atoms with E-state index in [1.807, 2.05) is 31.3 Å². The number of rotatable bonds is 4. The number of aromatic nitrogens is 1. The highest BCUT2D eigenvalue weighted by molar-refractivity contribution is 7.94. The first-order chi connectivity index (χ1) is 12.9. The van der Waals surface area contributed by atoms with Crippen LogP contribution in [0.1, 0.15) is 12.5 Å². The molecule has 0 amide bonds. The fraction of sp³-hybridized carbons (Fsp3) is 0.167. The van der Waals surface area contributed by atoms with E-state index in [-0.39, 0.29) is 10.3 Å². The Kier molecular flexibility index (Phi) is 4.67. The van der Waals surface area contributed by atoms with E-state index in [1.54, 1.807) is 23.7 Å². The summed E-state index contributed by atoms with van der Waals surface area (Å²) in [4.78, 5) is 3.01. The van der Waals surface area contributed by atoms with Crippen LogP contribution >= 0.6 is 23.6 Å². The second-order valence-electron chi connectivity index (χ2n) is 6.24. The molecule has 0 bridgehead atoms. The summed E-state index contributed by atoms with van der Waals surface area (Å²) in [5.74, 6) is 0. The van der Waals surface area contributed by atoms with Crippen molar-refractivity contribution in [1.82, 2.24) is 4.98 Å². The zero-order valence-corrected chi connectivity index (χ0v) is 16.8. The molecule has 0 fully saturated rings. The smallest absolute Gasteiger partial charge is 0.271 e. The van der Waals surface area contributed by atoms with Gasteiger partial charge in [0, 0.05) is 35.6 Å². The monoisotopic (exact) mass is 419 g/mol. The number of aromatic amines is 1. The molecule has 140 valence electrons. The maximum atomic E-state index is 12.8. The summed E-state index contributed by atoms with van der Waals surface area (Å²) in [5.41, 5.74) is 3.89. The number of sulfonamides is 1. The largest absolute Gasteiger partial charge is 0.467 e. The second-order valence-corrected chi connectivity index (χ2v) is 9.46. The number of H-pyrrole nitrogens is 1. The first-order valence-corrected chi connectivity index (χ1v) is 11.0. The van der Waals surface area contributed by atoms with Gasteiger partial charge in [-0.15, -0.1) is 11.3 Å². The van der Waals surface area contributed by atoms with E-state index in [0.29, 0.717) is 17.3 Å². The Morgan fingerprint density at radius 3 is 2.89 bits per heavy atom. The van der Waals surface area contributed by atoms with Crippen molar-refractivity contribution in [2.75, 3.05) is 10.0 Å². The predicted octanol–water partition coefficient (Wildman–Crippen LogP) is 4.20. The van der Waals surface area contributed by atoms with Gasteiger partial charge in [0.15, 0.2) is 0 Å². The molecule has 1 aliphatic rings. The number of benzene rings is 1. The Labute approximate surface area is 166 Å². The Balaban J connectivity index is 1.83. The lowest BCUT2D eigenvalue weighted by Crippen LogP contribution is -2.16. The number of fused-ring (bicyclic) bond motifs is 1. The van der Waals surface area contributed by atoms with Gasteiger partial charge in [0.2, 0.25) is 0 Å². The normalized spacial score (nSPS) is 16.8. The van der Waals surface area contributed by atoms with Crippen LogP contribution in [0, 0.1) is 0 Å². The van der Waals surface area contributed by atoms with Gasteiger partial charge in [-0.1, -0.05) is 6.07 Å². The molecule has 9 heteroatoms. The summed E-state index contributed by atoms with van der Waals surface area (Å²) in [6.45, 7) is 1.93. The first kappa shape index (κ1) is 18.0. The molecule has 0 aliphatic carbocycles. The summed E-state index contributed by atoms with van der Waals surface area (Å²) < 4.78 is 34.1. The molecule has 6 nitrogen and oxygen atoms in total. The highest BCUT2D eigenvalue weighted by Gasteiger charge is 2.23.